The molecule has 10 rings (SSSR count). The van der Waals surface area contributed by atoms with E-state index in [1.807, 2.05) is 0 Å². The van der Waals surface area contributed by atoms with Gasteiger partial charge in [0.15, 0.2) is 0 Å². The van der Waals surface area contributed by atoms with E-state index >= 15 is 0 Å². The zero-order chi connectivity index (χ0) is 36.2. The van der Waals surface area contributed by atoms with Crippen LogP contribution < -0.4 is 0 Å². The van der Waals surface area contributed by atoms with Crippen LogP contribution in [0, 0.1) is 0 Å². The standard InChI is InChI=1S/2C23H19.C2H6Si.2ClH.Zr/c2*1-2-15-13-18-6-4-7-19(22(18)14-15)20-12-11-17-10-9-16-5-3-8-21(20)23(16)17;1-3-2;;;/h2*3-8,11-14H,2,9-10H2,1H3;1-2H3;2*1H;/q2*-1;;;;+4/p-2. The zero-order valence-corrected chi connectivity index (χ0v) is 35.5. The van der Waals surface area contributed by atoms with Crippen LogP contribution in [0.3, 0.4) is 0 Å². The van der Waals surface area contributed by atoms with Crippen molar-refractivity contribution in [3.63, 3.8) is 0 Å². The number of fused-ring (bicyclic) bond motifs is 2. The Morgan fingerprint density at radius 3 is 1.23 bits per heavy atom. The molecule has 2 aliphatic rings. The van der Waals surface area contributed by atoms with Crippen LogP contribution in [0.15, 0.2) is 121 Å². The summed E-state index contributed by atoms with van der Waals surface area (Å²) in [5.41, 5.74) is 14.4. The molecule has 0 saturated heterocycles. The SMILES string of the molecule is CCc1cc2c(-c3ccc4c5c(cccc35)CC4)cccc2[cH-]1.CCc1cc2c(-c3ccc4c5c(cccc35)CC4)cccc2[cH-]1.C[Si]C.[Cl][Zr+2][Cl]. The van der Waals surface area contributed by atoms with Gasteiger partial charge in [-0.15, -0.1) is 69.1 Å². The van der Waals surface area contributed by atoms with Gasteiger partial charge in [0.05, 0.1) is 0 Å². The third kappa shape index (κ3) is 7.18. The van der Waals surface area contributed by atoms with Gasteiger partial charge in [-0.1, -0.05) is 111 Å². The van der Waals surface area contributed by atoms with Crippen molar-refractivity contribution in [1.82, 2.24) is 0 Å². The Labute approximate surface area is 330 Å². The molecule has 258 valence electrons. The third-order valence-electron chi connectivity index (χ3n) is 10.8. The summed E-state index contributed by atoms with van der Waals surface area (Å²) in [7, 11) is 11.0. The van der Waals surface area contributed by atoms with E-state index in [9.17, 15) is 0 Å². The molecule has 0 nitrogen and oxygen atoms in total. The van der Waals surface area contributed by atoms with E-state index in [4.69, 9.17) is 17.0 Å². The van der Waals surface area contributed by atoms with Gasteiger partial charge in [-0.05, 0) is 93.5 Å². The molecule has 2 radical (unpaired) electrons. The molecule has 0 heterocycles. The minimum absolute atomic E-state index is 0.826. The Kier molecular flexibility index (Phi) is 12.0. The quantitative estimate of drug-likeness (QED) is 0.123. The molecule has 2 aliphatic carbocycles. The van der Waals surface area contributed by atoms with Gasteiger partial charge in [0.2, 0.25) is 0 Å². The Morgan fingerprint density at radius 2 is 0.846 bits per heavy atom. The Bertz CT molecular complexity index is 2310. The third-order valence-corrected chi connectivity index (χ3v) is 10.8. The maximum atomic E-state index is 4.93. The molecule has 0 spiro atoms. The summed E-state index contributed by atoms with van der Waals surface area (Å²) >= 11 is -0.826. The van der Waals surface area contributed by atoms with Gasteiger partial charge < -0.3 is 0 Å². The van der Waals surface area contributed by atoms with Crippen LogP contribution in [0.5, 0.6) is 0 Å². The van der Waals surface area contributed by atoms with Crippen molar-refractivity contribution in [3.8, 4) is 22.3 Å². The fraction of sp³-hybridized carbons (Fsp3) is 0.208. The summed E-state index contributed by atoms with van der Waals surface area (Å²) in [6, 6.07) is 45.8. The number of halogens is 2. The van der Waals surface area contributed by atoms with Crippen LogP contribution in [0.25, 0.3) is 65.3 Å². The minimum atomic E-state index is -0.826. The predicted molar refractivity (Wildman–Crippen MR) is 228 cm³/mol. The van der Waals surface area contributed by atoms with Crippen molar-refractivity contribution < 1.29 is 20.8 Å². The molecule has 0 aliphatic heterocycles. The second-order valence-corrected chi connectivity index (χ2v) is 18.6. The first-order valence-electron chi connectivity index (χ1n) is 18.5. The Balaban J connectivity index is 0.000000141. The van der Waals surface area contributed by atoms with E-state index in [0.717, 1.165) is 22.4 Å². The van der Waals surface area contributed by atoms with Gasteiger partial charge in [0.1, 0.15) is 0 Å². The molecule has 8 aromatic rings. The number of rotatable bonds is 4. The molecule has 0 unspecified atom stereocenters. The molecule has 0 fully saturated rings. The monoisotopic (exact) mass is 808 g/mol. The summed E-state index contributed by atoms with van der Waals surface area (Å²) in [5, 5.41) is 11.4. The van der Waals surface area contributed by atoms with Crippen LogP contribution in [-0.4, -0.2) is 9.52 Å². The fourth-order valence-corrected chi connectivity index (χ4v) is 8.43. The Morgan fingerprint density at radius 1 is 0.500 bits per heavy atom. The first-order chi connectivity index (χ1) is 25.5. The van der Waals surface area contributed by atoms with Crippen molar-refractivity contribution in [1.29, 1.82) is 0 Å². The summed E-state index contributed by atoms with van der Waals surface area (Å²) < 4.78 is 0. The van der Waals surface area contributed by atoms with Crippen LogP contribution in [0.1, 0.15) is 47.2 Å². The average molecular weight is 811 g/mol. The van der Waals surface area contributed by atoms with Crippen LogP contribution >= 0.6 is 17.0 Å². The summed E-state index contributed by atoms with van der Waals surface area (Å²) in [6.45, 7) is 8.76. The van der Waals surface area contributed by atoms with E-state index in [0.29, 0.717) is 0 Å². The van der Waals surface area contributed by atoms with E-state index in [1.54, 1.807) is 0 Å². The van der Waals surface area contributed by atoms with Crippen molar-refractivity contribution >= 4 is 69.6 Å². The average Bonchev–Trinajstić information content (AvgIpc) is 3.99. The van der Waals surface area contributed by atoms with Gasteiger partial charge in [-0.2, -0.15) is 12.1 Å². The maximum absolute atomic E-state index is 4.93. The van der Waals surface area contributed by atoms with E-state index in [-0.39, 0.29) is 0 Å². The van der Waals surface area contributed by atoms with Gasteiger partial charge in [0, 0.05) is 9.52 Å². The fourth-order valence-electron chi connectivity index (χ4n) is 8.43. The predicted octanol–water partition coefficient (Wildman–Crippen LogP) is 14.2. The van der Waals surface area contributed by atoms with Crippen molar-refractivity contribution in [3.05, 3.63) is 155 Å². The van der Waals surface area contributed by atoms with Gasteiger partial charge in [-0.25, -0.2) is 0 Å². The molecule has 0 N–H and O–H groups in total. The molecule has 8 aromatic carbocycles. The molecule has 52 heavy (non-hydrogen) atoms. The van der Waals surface area contributed by atoms with E-state index in [2.05, 4.69) is 148 Å². The molecule has 0 saturated carbocycles. The zero-order valence-electron chi connectivity index (χ0n) is 30.5. The molecule has 4 heteroatoms. The Hall–Kier alpha value is -3.26. The number of benzene rings is 6. The number of hydrogen-bond donors (Lipinski definition) is 0. The molecule has 0 aromatic heterocycles. The van der Waals surface area contributed by atoms with E-state index < -0.39 is 20.8 Å². The molecule has 0 atom stereocenters. The first kappa shape index (κ1) is 37.1. The van der Waals surface area contributed by atoms with Crippen LogP contribution in [-0.2, 0) is 59.4 Å². The van der Waals surface area contributed by atoms with Crippen LogP contribution in [0.2, 0.25) is 13.1 Å². The van der Waals surface area contributed by atoms with E-state index in [1.165, 1.54) is 124 Å². The summed E-state index contributed by atoms with van der Waals surface area (Å²) in [4.78, 5) is 0. The molecule has 0 amide bonds. The topological polar surface area (TPSA) is 0 Å². The van der Waals surface area contributed by atoms with Gasteiger partial charge in [0.25, 0.3) is 0 Å². The number of hydrogen-bond acceptors (Lipinski definition) is 0. The van der Waals surface area contributed by atoms with Crippen molar-refractivity contribution in [2.75, 3.05) is 0 Å². The van der Waals surface area contributed by atoms with Gasteiger partial charge in [-0.3, -0.25) is 0 Å². The molecule has 0 bridgehead atoms. The van der Waals surface area contributed by atoms with Gasteiger partial charge >= 0.3 is 37.9 Å². The molecular formula is C48H44Cl2SiZr. The van der Waals surface area contributed by atoms with Crippen molar-refractivity contribution in [2.24, 2.45) is 0 Å². The number of aryl methyl sites for hydroxylation is 6. The van der Waals surface area contributed by atoms with Crippen LogP contribution in [0.4, 0.5) is 0 Å². The summed E-state index contributed by atoms with van der Waals surface area (Å²) in [6.07, 6.45) is 6.96. The second kappa shape index (κ2) is 16.8. The second-order valence-electron chi connectivity index (χ2n) is 13.8. The normalized spacial score (nSPS) is 12.3. The van der Waals surface area contributed by atoms with Crippen molar-refractivity contribution in [2.45, 2.75) is 65.5 Å². The first-order valence-corrected chi connectivity index (χ1v) is 26.9. The summed E-state index contributed by atoms with van der Waals surface area (Å²) in [5.74, 6) is 0. The molecular weight excluding hydrogens is 767 g/mol.